The van der Waals surface area contributed by atoms with Crippen molar-refractivity contribution in [1.82, 2.24) is 20.9 Å². The third-order valence-electron chi connectivity index (χ3n) is 5.65. The summed E-state index contributed by atoms with van der Waals surface area (Å²) in [5.74, 6) is -5.62. The molecular formula is C20H22F5N5O4S. The minimum atomic E-state index is -5.19. The summed E-state index contributed by atoms with van der Waals surface area (Å²) in [6.07, 6.45) is -4.73. The molecule has 2 fully saturated rings. The zero-order valence-corrected chi connectivity index (χ0v) is 19.0. The molecule has 1 aliphatic heterocycles. The Morgan fingerprint density at radius 3 is 2.49 bits per heavy atom. The fraction of sp³-hybridized carbons (Fsp3) is 0.550. The van der Waals surface area contributed by atoms with E-state index in [4.69, 9.17) is 0 Å². The van der Waals surface area contributed by atoms with Gasteiger partial charge in [0.25, 0.3) is 0 Å². The van der Waals surface area contributed by atoms with Crippen molar-refractivity contribution >= 4 is 21.8 Å². The SMILES string of the molecule is N#CC1(NC(=O)C(CS(=O)(=O)CCN2CCNC2=O)N[C@H](c2ccc(F)cc2F)C(F)(F)F)CC1. The number of nitriles is 1. The van der Waals surface area contributed by atoms with Crippen molar-refractivity contribution in [3.63, 3.8) is 0 Å². The second kappa shape index (κ2) is 9.94. The Morgan fingerprint density at radius 1 is 1.29 bits per heavy atom. The molecule has 3 rings (SSSR count). The van der Waals surface area contributed by atoms with Gasteiger partial charge < -0.3 is 15.5 Å². The van der Waals surface area contributed by atoms with Crippen molar-refractivity contribution in [1.29, 1.82) is 5.26 Å². The number of hydrogen-bond acceptors (Lipinski definition) is 6. The van der Waals surface area contributed by atoms with Gasteiger partial charge in [0, 0.05) is 31.3 Å². The molecule has 0 spiro atoms. The Bertz CT molecular complexity index is 1130. The average molecular weight is 523 g/mol. The molecule has 9 nitrogen and oxygen atoms in total. The Kier molecular flexibility index (Phi) is 7.56. The first-order chi connectivity index (χ1) is 16.3. The molecule has 0 bridgehead atoms. The predicted molar refractivity (Wildman–Crippen MR) is 111 cm³/mol. The lowest BCUT2D eigenvalue weighted by molar-refractivity contribution is -0.161. The maximum atomic E-state index is 14.2. The number of hydrogen-bond donors (Lipinski definition) is 3. The van der Waals surface area contributed by atoms with E-state index < -0.39 is 74.3 Å². The van der Waals surface area contributed by atoms with Crippen molar-refractivity contribution in [2.45, 2.75) is 36.6 Å². The van der Waals surface area contributed by atoms with Crippen LogP contribution < -0.4 is 16.0 Å². The average Bonchev–Trinajstić information content (AvgIpc) is 3.40. The van der Waals surface area contributed by atoms with Crippen molar-refractivity contribution in [3.05, 3.63) is 35.4 Å². The number of rotatable bonds is 10. The van der Waals surface area contributed by atoms with Crippen LogP contribution in [0.2, 0.25) is 0 Å². The van der Waals surface area contributed by atoms with E-state index in [9.17, 15) is 45.2 Å². The lowest BCUT2D eigenvalue weighted by Crippen LogP contribution is -2.54. The number of carbonyl (C=O) groups excluding carboxylic acids is 2. The predicted octanol–water partition coefficient (Wildman–Crippen LogP) is 1.14. The van der Waals surface area contributed by atoms with Gasteiger partial charge >= 0.3 is 12.2 Å². The molecule has 1 aromatic rings. The number of amides is 3. The second-order valence-corrected chi connectivity index (χ2v) is 10.6. The summed E-state index contributed by atoms with van der Waals surface area (Å²) < 4.78 is 94.4. The van der Waals surface area contributed by atoms with E-state index in [1.165, 1.54) is 4.90 Å². The number of halogens is 5. The monoisotopic (exact) mass is 523 g/mol. The van der Waals surface area contributed by atoms with E-state index in [-0.39, 0.29) is 32.0 Å². The van der Waals surface area contributed by atoms with Gasteiger partial charge in [0.05, 0.1) is 17.6 Å². The van der Waals surface area contributed by atoms with Gasteiger partial charge in [0.2, 0.25) is 5.91 Å². The van der Waals surface area contributed by atoms with Crippen LogP contribution in [0, 0.1) is 23.0 Å². The van der Waals surface area contributed by atoms with Gasteiger partial charge in [0.1, 0.15) is 29.3 Å². The summed E-state index contributed by atoms with van der Waals surface area (Å²) in [5, 5.41) is 15.8. The number of sulfone groups is 1. The zero-order valence-electron chi connectivity index (χ0n) is 18.2. The maximum Gasteiger partial charge on any atom is 0.408 e. The molecule has 1 heterocycles. The van der Waals surface area contributed by atoms with Crippen molar-refractivity contribution in [2.24, 2.45) is 0 Å². The van der Waals surface area contributed by atoms with Crippen LogP contribution in [0.5, 0.6) is 0 Å². The molecule has 1 unspecified atom stereocenters. The van der Waals surface area contributed by atoms with Crippen LogP contribution in [0.25, 0.3) is 0 Å². The van der Waals surface area contributed by atoms with E-state index in [1.54, 1.807) is 0 Å². The lowest BCUT2D eigenvalue weighted by atomic mass is 10.0. The van der Waals surface area contributed by atoms with E-state index in [1.807, 2.05) is 11.4 Å². The Morgan fingerprint density at radius 2 is 1.97 bits per heavy atom. The Balaban J connectivity index is 1.85. The number of alkyl halides is 3. The third-order valence-corrected chi connectivity index (χ3v) is 7.30. The Hall–Kier alpha value is -2.99. The molecule has 35 heavy (non-hydrogen) atoms. The number of nitrogens with zero attached hydrogens (tertiary/aromatic N) is 2. The van der Waals surface area contributed by atoms with Gasteiger partial charge in [-0.25, -0.2) is 22.0 Å². The summed E-state index contributed by atoms with van der Waals surface area (Å²) in [4.78, 5) is 25.6. The molecule has 15 heteroatoms. The summed E-state index contributed by atoms with van der Waals surface area (Å²) in [6.45, 7) is 0.291. The van der Waals surface area contributed by atoms with E-state index in [0.717, 1.165) is 0 Å². The molecule has 2 atom stereocenters. The Labute approximate surface area is 197 Å². The van der Waals surface area contributed by atoms with Crippen LogP contribution in [0.15, 0.2) is 18.2 Å². The van der Waals surface area contributed by atoms with Crippen LogP contribution in [0.4, 0.5) is 26.7 Å². The smallest absolute Gasteiger partial charge is 0.336 e. The fourth-order valence-electron chi connectivity index (χ4n) is 3.52. The van der Waals surface area contributed by atoms with Crippen molar-refractivity contribution < 1.29 is 40.0 Å². The summed E-state index contributed by atoms with van der Waals surface area (Å²) >= 11 is 0. The minimum Gasteiger partial charge on any atom is -0.336 e. The van der Waals surface area contributed by atoms with E-state index in [2.05, 4.69) is 10.6 Å². The normalized spacial score (nSPS) is 19.0. The zero-order chi connectivity index (χ0) is 26.0. The third kappa shape index (κ3) is 6.79. The van der Waals surface area contributed by atoms with Crippen molar-refractivity contribution in [3.8, 4) is 6.07 Å². The molecule has 192 valence electrons. The number of benzene rings is 1. The quantitative estimate of drug-likeness (QED) is 0.394. The molecule has 1 saturated carbocycles. The van der Waals surface area contributed by atoms with Crippen LogP contribution in [-0.4, -0.2) is 74.2 Å². The van der Waals surface area contributed by atoms with Crippen LogP contribution in [0.1, 0.15) is 24.4 Å². The highest BCUT2D eigenvalue weighted by Gasteiger charge is 2.48. The molecule has 3 N–H and O–H groups in total. The molecule has 0 aromatic heterocycles. The van der Waals surface area contributed by atoms with Gasteiger partial charge in [-0.2, -0.15) is 18.4 Å². The molecule has 2 aliphatic rings. The summed E-state index contributed by atoms with van der Waals surface area (Å²) in [5.41, 5.74) is -2.35. The first-order valence-corrected chi connectivity index (χ1v) is 12.3. The molecule has 1 saturated heterocycles. The van der Waals surface area contributed by atoms with Crippen LogP contribution in [-0.2, 0) is 14.6 Å². The largest absolute Gasteiger partial charge is 0.408 e. The highest BCUT2D eigenvalue weighted by Crippen LogP contribution is 2.36. The van der Waals surface area contributed by atoms with Gasteiger partial charge in [-0.1, -0.05) is 6.07 Å². The summed E-state index contributed by atoms with van der Waals surface area (Å²) in [6, 6.07) is -2.19. The molecular weight excluding hydrogens is 501 g/mol. The molecule has 1 aromatic carbocycles. The van der Waals surface area contributed by atoms with Gasteiger partial charge in [0.15, 0.2) is 9.84 Å². The first-order valence-electron chi connectivity index (χ1n) is 10.5. The van der Waals surface area contributed by atoms with E-state index in [0.29, 0.717) is 18.7 Å². The number of carbonyl (C=O) groups is 2. The van der Waals surface area contributed by atoms with Gasteiger partial charge in [-0.05, 0) is 18.9 Å². The highest BCUT2D eigenvalue weighted by atomic mass is 32.2. The maximum absolute atomic E-state index is 14.2. The van der Waals surface area contributed by atoms with Gasteiger partial charge in [-0.15, -0.1) is 0 Å². The van der Waals surface area contributed by atoms with Gasteiger partial charge in [-0.3, -0.25) is 10.1 Å². The summed E-state index contributed by atoms with van der Waals surface area (Å²) in [7, 11) is -4.22. The standard InChI is InChI=1S/C20H22F5N5O4S/c21-12-1-2-13(14(22)9-12)16(20(23,24)25)28-15(17(31)29-19(11-26)3-4-19)10-35(33,34)8-7-30-6-5-27-18(30)32/h1-2,9,15-16,28H,3-8,10H2,(H,27,32)(H,29,31)/t15?,16-/m1/s1. The van der Waals surface area contributed by atoms with Crippen molar-refractivity contribution in [2.75, 3.05) is 31.1 Å². The van der Waals surface area contributed by atoms with E-state index >= 15 is 0 Å². The highest BCUT2D eigenvalue weighted by molar-refractivity contribution is 7.91. The molecule has 1 aliphatic carbocycles. The lowest BCUT2D eigenvalue weighted by Gasteiger charge is -2.28. The molecule has 3 amide bonds. The number of nitrogens with one attached hydrogen (secondary N) is 3. The molecule has 0 radical (unpaired) electrons. The topological polar surface area (TPSA) is 131 Å². The minimum absolute atomic E-state index is 0.230. The fourth-order valence-corrected chi connectivity index (χ4v) is 4.94. The van der Waals surface area contributed by atoms with Crippen LogP contribution in [0.3, 0.4) is 0 Å². The van der Waals surface area contributed by atoms with Crippen LogP contribution >= 0.6 is 0 Å². The number of urea groups is 1. The first kappa shape index (κ1) is 26.6. The second-order valence-electron chi connectivity index (χ2n) is 8.38.